The Morgan fingerprint density at radius 2 is 1.63 bits per heavy atom. The van der Waals surface area contributed by atoms with Gasteiger partial charge in [-0.05, 0) is 49.1 Å². The highest BCUT2D eigenvalue weighted by molar-refractivity contribution is 7.89. The van der Waals surface area contributed by atoms with Crippen molar-refractivity contribution < 1.29 is 34.8 Å². The summed E-state index contributed by atoms with van der Waals surface area (Å²) >= 11 is 0. The summed E-state index contributed by atoms with van der Waals surface area (Å²) < 4.78 is 107. The van der Waals surface area contributed by atoms with Gasteiger partial charge in [-0.15, -0.1) is 0 Å². The zero-order valence-electron chi connectivity index (χ0n) is 15.0. The van der Waals surface area contributed by atoms with Crippen LogP contribution < -0.4 is 10.0 Å². The van der Waals surface area contributed by atoms with Crippen LogP contribution in [0.3, 0.4) is 0 Å². The van der Waals surface area contributed by atoms with Crippen molar-refractivity contribution in [1.29, 1.82) is 10.7 Å². The van der Waals surface area contributed by atoms with E-state index in [0.717, 1.165) is 35.2 Å². The molecule has 1 aliphatic heterocycles. The molecule has 30 heavy (non-hydrogen) atoms. The topological polar surface area (TPSA) is 111 Å². The van der Waals surface area contributed by atoms with E-state index in [-0.39, 0.29) is 29.1 Å². The van der Waals surface area contributed by atoms with E-state index in [1.165, 1.54) is 0 Å². The Balaban J connectivity index is 2.30. The number of alkyl halides is 6. The fraction of sp³-hybridized carbons (Fsp3) is 0.412. The van der Waals surface area contributed by atoms with Crippen molar-refractivity contribution in [1.82, 2.24) is 0 Å². The van der Waals surface area contributed by atoms with Crippen LogP contribution in [0.4, 0.5) is 32.0 Å². The molecule has 1 aromatic rings. The lowest BCUT2D eigenvalue weighted by molar-refractivity contribution is -0.332. The number of anilines is 1. The Bertz CT molecular complexity index is 1050. The molecule has 0 saturated heterocycles. The van der Waals surface area contributed by atoms with Gasteiger partial charge in [0, 0.05) is 11.4 Å². The van der Waals surface area contributed by atoms with Gasteiger partial charge >= 0.3 is 12.4 Å². The largest absolute Gasteiger partial charge is 0.408 e. The molecule has 0 bridgehead atoms. The molecule has 3 N–H and O–H groups in total. The maximum absolute atomic E-state index is 14.0. The molecule has 0 radical (unpaired) electrons. The summed E-state index contributed by atoms with van der Waals surface area (Å²) in [6.45, 7) is 0. The molecule has 0 aromatic heterocycles. The first-order valence-electron chi connectivity index (χ1n) is 8.45. The third kappa shape index (κ3) is 2.97. The van der Waals surface area contributed by atoms with Gasteiger partial charge in [-0.25, -0.2) is 13.6 Å². The number of rotatable bonds is 2. The van der Waals surface area contributed by atoms with Gasteiger partial charge < -0.3 is 4.90 Å². The molecule has 1 heterocycles. The van der Waals surface area contributed by atoms with E-state index in [2.05, 4.69) is 0 Å². The van der Waals surface area contributed by atoms with Gasteiger partial charge in [0.2, 0.25) is 15.4 Å². The monoisotopic (exact) mass is 452 g/mol. The molecule has 1 aliphatic carbocycles. The second-order valence-corrected chi connectivity index (χ2v) is 8.47. The second-order valence-electron chi connectivity index (χ2n) is 6.90. The third-order valence-corrected chi connectivity index (χ3v) is 6.26. The summed E-state index contributed by atoms with van der Waals surface area (Å²) in [6, 6.07) is 5.31. The van der Waals surface area contributed by atoms with Gasteiger partial charge in [-0.3, -0.25) is 5.41 Å². The molecular formula is C17H14F6N4O2S. The first-order valence-corrected chi connectivity index (χ1v) is 9.99. The van der Waals surface area contributed by atoms with Crippen LogP contribution in [-0.4, -0.2) is 26.6 Å². The Hall–Kier alpha value is -2.59. The van der Waals surface area contributed by atoms with E-state index in [9.17, 15) is 40.0 Å². The average Bonchev–Trinajstić information content (AvgIpc) is 3.06. The minimum absolute atomic E-state index is 0.0181. The van der Waals surface area contributed by atoms with Crippen molar-refractivity contribution in [3.63, 3.8) is 0 Å². The number of hydrogen-bond acceptors (Lipinski definition) is 4. The highest BCUT2D eigenvalue weighted by atomic mass is 32.2. The SMILES string of the molecule is N#CC1C(=N)N(c2ccc(S(N)(=O)=O)cc2)C2=C(CCC2)C1(C(F)(F)F)C(F)(F)F. The van der Waals surface area contributed by atoms with E-state index in [1.807, 2.05) is 0 Å². The fourth-order valence-corrected chi connectivity index (χ4v) is 4.64. The molecule has 13 heteroatoms. The lowest BCUT2D eigenvalue weighted by atomic mass is 9.65. The summed E-state index contributed by atoms with van der Waals surface area (Å²) in [5, 5.41) is 22.4. The number of amidine groups is 1. The van der Waals surface area contributed by atoms with E-state index in [4.69, 9.17) is 10.5 Å². The predicted octanol–water partition coefficient (Wildman–Crippen LogP) is 3.82. The van der Waals surface area contributed by atoms with Crippen LogP contribution in [0.15, 0.2) is 40.4 Å². The van der Waals surface area contributed by atoms with E-state index in [0.29, 0.717) is 0 Å². The Labute approximate surface area is 167 Å². The Kier molecular flexibility index (Phi) is 4.94. The van der Waals surface area contributed by atoms with Crippen molar-refractivity contribution in [3.8, 4) is 6.07 Å². The molecule has 1 aromatic carbocycles. The number of primary sulfonamides is 1. The van der Waals surface area contributed by atoms with E-state index < -0.39 is 51.5 Å². The predicted molar refractivity (Wildman–Crippen MR) is 92.5 cm³/mol. The van der Waals surface area contributed by atoms with Crippen LogP contribution in [0.2, 0.25) is 0 Å². The van der Waals surface area contributed by atoms with Crippen molar-refractivity contribution >= 4 is 21.5 Å². The van der Waals surface area contributed by atoms with Crippen LogP contribution >= 0.6 is 0 Å². The van der Waals surface area contributed by atoms with Gasteiger partial charge in [0.05, 0.1) is 11.0 Å². The number of halogens is 6. The molecule has 0 saturated carbocycles. The molecule has 1 unspecified atom stereocenters. The van der Waals surface area contributed by atoms with Crippen molar-refractivity contribution in [2.75, 3.05) is 4.90 Å². The van der Waals surface area contributed by atoms with E-state index in [1.54, 1.807) is 0 Å². The van der Waals surface area contributed by atoms with Crippen molar-refractivity contribution in [2.45, 2.75) is 36.5 Å². The minimum atomic E-state index is -5.85. The fourth-order valence-electron chi connectivity index (χ4n) is 4.12. The van der Waals surface area contributed by atoms with Crippen LogP contribution in [-0.2, 0) is 10.0 Å². The van der Waals surface area contributed by atoms with Gasteiger partial charge in [-0.2, -0.15) is 31.6 Å². The molecular weight excluding hydrogens is 438 g/mol. The second kappa shape index (κ2) is 6.71. The van der Waals surface area contributed by atoms with Crippen LogP contribution in [0, 0.1) is 28.1 Å². The zero-order chi connectivity index (χ0) is 22.7. The molecule has 3 rings (SSSR count). The Morgan fingerprint density at radius 1 is 1.10 bits per heavy atom. The summed E-state index contributed by atoms with van der Waals surface area (Å²) in [6.07, 6.45) is -12.4. The standard InChI is InChI=1S/C17H14F6N4O2S/c18-16(19,20)15(17(21,22)23)11-2-1-3-13(11)27(14(25)12(15)8-24)9-4-6-10(7-5-9)30(26,28)29/h4-7,12,25H,1-3H2,(H2,26,28,29). The highest BCUT2D eigenvalue weighted by Gasteiger charge is 2.79. The van der Waals surface area contributed by atoms with Gasteiger partial charge in [0.15, 0.2) is 0 Å². The number of benzene rings is 1. The molecule has 0 amide bonds. The molecule has 2 aliphatic rings. The smallest absolute Gasteiger partial charge is 0.302 e. The molecule has 1 atom stereocenters. The lowest BCUT2D eigenvalue weighted by Gasteiger charge is -2.48. The minimum Gasteiger partial charge on any atom is -0.302 e. The summed E-state index contributed by atoms with van der Waals surface area (Å²) in [4.78, 5) is 0.533. The Morgan fingerprint density at radius 3 is 2.07 bits per heavy atom. The number of allylic oxidation sites excluding steroid dienone is 2. The van der Waals surface area contributed by atoms with E-state index >= 15 is 0 Å². The molecule has 0 spiro atoms. The molecule has 0 fully saturated rings. The third-order valence-electron chi connectivity index (χ3n) is 5.33. The normalized spacial score (nSPS) is 22.1. The number of nitriles is 1. The molecule has 6 nitrogen and oxygen atoms in total. The van der Waals surface area contributed by atoms with Gasteiger partial charge in [0.25, 0.3) is 0 Å². The first kappa shape index (κ1) is 22.1. The maximum atomic E-state index is 14.0. The summed E-state index contributed by atoms with van der Waals surface area (Å²) in [7, 11) is -4.09. The summed E-state index contributed by atoms with van der Waals surface area (Å²) in [5.74, 6) is -4.05. The number of nitrogens with one attached hydrogen (secondary N) is 1. The number of hydrogen-bond donors (Lipinski definition) is 2. The summed E-state index contributed by atoms with van der Waals surface area (Å²) in [5.41, 5.74) is -5.86. The van der Waals surface area contributed by atoms with Crippen LogP contribution in [0.25, 0.3) is 0 Å². The number of nitrogens with two attached hydrogens (primary N) is 1. The van der Waals surface area contributed by atoms with Crippen molar-refractivity contribution in [3.05, 3.63) is 35.5 Å². The van der Waals surface area contributed by atoms with Gasteiger partial charge in [-0.1, -0.05) is 0 Å². The number of sulfonamides is 1. The van der Waals surface area contributed by atoms with Crippen LogP contribution in [0.5, 0.6) is 0 Å². The molecule has 162 valence electrons. The van der Waals surface area contributed by atoms with Gasteiger partial charge in [0.1, 0.15) is 11.8 Å². The lowest BCUT2D eigenvalue weighted by Crippen LogP contribution is -2.62. The first-order chi connectivity index (χ1) is 13.7. The average molecular weight is 452 g/mol. The van der Waals surface area contributed by atoms with Crippen molar-refractivity contribution in [2.24, 2.45) is 16.5 Å². The maximum Gasteiger partial charge on any atom is 0.408 e. The zero-order valence-corrected chi connectivity index (χ0v) is 15.8. The quantitative estimate of drug-likeness (QED) is 0.665. The highest BCUT2D eigenvalue weighted by Crippen LogP contribution is 2.65. The van der Waals surface area contributed by atoms with Crippen LogP contribution in [0.1, 0.15) is 19.3 Å². The number of nitrogens with zero attached hydrogens (tertiary/aromatic N) is 2.